The first-order chi connectivity index (χ1) is 14.9. The van der Waals surface area contributed by atoms with Crippen LogP contribution in [0.3, 0.4) is 0 Å². The predicted molar refractivity (Wildman–Crippen MR) is 123 cm³/mol. The molecule has 0 spiro atoms. The van der Waals surface area contributed by atoms with Crippen LogP contribution in [0, 0.1) is 0 Å². The van der Waals surface area contributed by atoms with E-state index in [4.69, 9.17) is 23.2 Å². The first kappa shape index (κ1) is 20.0. The number of hydrogen-bond acceptors (Lipinski definition) is 5. The largest absolute Gasteiger partial charge is 0.360 e. The normalized spacial score (nSPS) is 14.7. The Labute approximate surface area is 188 Å². The monoisotopic (exact) mass is 454 g/mol. The average molecular weight is 455 g/mol. The molecule has 31 heavy (non-hydrogen) atoms. The number of carbonyl (C=O) groups is 1. The smallest absolute Gasteiger partial charge is 0.255 e. The predicted octanol–water partition coefficient (Wildman–Crippen LogP) is 5.22. The number of anilines is 1. The summed E-state index contributed by atoms with van der Waals surface area (Å²) in [4.78, 5) is 31.2. The van der Waals surface area contributed by atoms with Gasteiger partial charge in [0.2, 0.25) is 0 Å². The summed E-state index contributed by atoms with van der Waals surface area (Å²) in [5.74, 6) is 1.29. The van der Waals surface area contributed by atoms with Crippen molar-refractivity contribution in [3.8, 4) is 0 Å². The van der Waals surface area contributed by atoms with Gasteiger partial charge in [0.05, 0.1) is 33.2 Å². The Bertz CT molecular complexity index is 1320. The summed E-state index contributed by atoms with van der Waals surface area (Å²) in [5.41, 5.74) is 2.81. The highest BCUT2D eigenvalue weighted by molar-refractivity contribution is 6.35. The maximum Gasteiger partial charge on any atom is 0.255 e. The minimum Gasteiger partial charge on any atom is -0.360 e. The minimum absolute atomic E-state index is 0.0863. The number of H-pyrrole nitrogens is 1. The van der Waals surface area contributed by atoms with E-state index in [1.165, 1.54) is 6.33 Å². The molecule has 0 bridgehead atoms. The standard InChI is InChI=1S/C22H20Cl2N6O/c1-11(20-28-17-6-3-12(23)7-19(17)29-20)27-21-15-8-16(24)14(9-18(15)25-10-26-21)22(31)30(2)13-4-5-13/h3,6-11,13H,4-5H2,1-2H3,(H,28,29)(H,25,26,27). The number of nitrogens with one attached hydrogen (secondary N) is 2. The molecule has 1 amide bonds. The van der Waals surface area contributed by atoms with Crippen LogP contribution >= 0.6 is 23.2 Å². The zero-order valence-corrected chi connectivity index (χ0v) is 18.5. The van der Waals surface area contributed by atoms with Crippen LogP contribution in [0.5, 0.6) is 0 Å². The van der Waals surface area contributed by atoms with Crippen LogP contribution in [-0.2, 0) is 0 Å². The van der Waals surface area contributed by atoms with E-state index in [0.717, 1.165) is 35.1 Å². The molecule has 2 aromatic heterocycles. The molecular weight excluding hydrogens is 435 g/mol. The van der Waals surface area contributed by atoms with Crippen molar-refractivity contribution in [3.63, 3.8) is 0 Å². The van der Waals surface area contributed by atoms with Crippen molar-refractivity contribution in [3.05, 3.63) is 58.1 Å². The zero-order valence-electron chi connectivity index (χ0n) is 17.0. The molecule has 2 N–H and O–H groups in total. The van der Waals surface area contributed by atoms with Gasteiger partial charge in [-0.15, -0.1) is 0 Å². The van der Waals surface area contributed by atoms with E-state index in [1.54, 1.807) is 17.0 Å². The Morgan fingerprint density at radius 1 is 1.19 bits per heavy atom. The fraction of sp³-hybridized carbons (Fsp3) is 0.273. The summed E-state index contributed by atoms with van der Waals surface area (Å²) in [5, 5.41) is 5.13. The molecule has 1 aliphatic carbocycles. The molecule has 5 rings (SSSR count). The molecule has 1 aliphatic rings. The number of rotatable bonds is 5. The number of carbonyl (C=O) groups excluding carboxylic acids is 1. The zero-order chi connectivity index (χ0) is 21.7. The van der Waals surface area contributed by atoms with Crippen molar-refractivity contribution in [1.29, 1.82) is 0 Å². The van der Waals surface area contributed by atoms with Gasteiger partial charge in [0.25, 0.3) is 5.91 Å². The van der Waals surface area contributed by atoms with Gasteiger partial charge in [0, 0.05) is 23.5 Å². The van der Waals surface area contributed by atoms with Gasteiger partial charge in [-0.05, 0) is 50.1 Å². The second-order valence-electron chi connectivity index (χ2n) is 7.87. The van der Waals surface area contributed by atoms with E-state index in [9.17, 15) is 4.79 Å². The van der Waals surface area contributed by atoms with Crippen molar-refractivity contribution >= 4 is 56.9 Å². The molecule has 2 aromatic carbocycles. The minimum atomic E-state index is -0.162. The van der Waals surface area contributed by atoms with Gasteiger partial charge in [-0.2, -0.15) is 0 Å². The number of fused-ring (bicyclic) bond motifs is 2. The van der Waals surface area contributed by atoms with Crippen LogP contribution < -0.4 is 5.32 Å². The number of nitrogens with zero attached hydrogens (tertiary/aromatic N) is 4. The highest BCUT2D eigenvalue weighted by atomic mass is 35.5. The van der Waals surface area contributed by atoms with E-state index in [1.807, 2.05) is 32.2 Å². The van der Waals surface area contributed by atoms with Gasteiger partial charge in [0.15, 0.2) is 0 Å². The Hall–Kier alpha value is -2.90. The molecule has 1 unspecified atom stereocenters. The first-order valence-corrected chi connectivity index (χ1v) is 10.8. The number of hydrogen-bond donors (Lipinski definition) is 2. The fourth-order valence-electron chi connectivity index (χ4n) is 3.65. The number of benzene rings is 2. The lowest BCUT2D eigenvalue weighted by Crippen LogP contribution is -2.29. The average Bonchev–Trinajstić information content (AvgIpc) is 3.51. The molecule has 2 heterocycles. The Morgan fingerprint density at radius 3 is 2.77 bits per heavy atom. The van der Waals surface area contributed by atoms with Crippen molar-refractivity contribution < 1.29 is 4.79 Å². The maximum absolute atomic E-state index is 12.8. The lowest BCUT2D eigenvalue weighted by atomic mass is 10.1. The van der Waals surface area contributed by atoms with Crippen LogP contribution in [0.4, 0.5) is 5.82 Å². The second-order valence-corrected chi connectivity index (χ2v) is 8.71. The third kappa shape index (κ3) is 3.79. The number of aromatic nitrogens is 4. The Kier molecular flexibility index (Phi) is 4.95. The van der Waals surface area contributed by atoms with Crippen molar-refractivity contribution in [2.24, 2.45) is 0 Å². The topological polar surface area (TPSA) is 86.8 Å². The molecule has 4 aromatic rings. The Balaban J connectivity index is 1.46. The molecule has 158 valence electrons. The van der Waals surface area contributed by atoms with Gasteiger partial charge in [-0.25, -0.2) is 15.0 Å². The lowest BCUT2D eigenvalue weighted by Gasteiger charge is -2.18. The number of amides is 1. The molecule has 7 nitrogen and oxygen atoms in total. The van der Waals surface area contributed by atoms with Crippen LogP contribution in [0.15, 0.2) is 36.7 Å². The third-order valence-corrected chi connectivity index (χ3v) is 6.14. The van der Waals surface area contributed by atoms with E-state index in [-0.39, 0.29) is 11.9 Å². The molecular formula is C22H20Cl2N6O. The summed E-state index contributed by atoms with van der Waals surface area (Å²) in [6, 6.07) is 9.17. The van der Waals surface area contributed by atoms with Crippen molar-refractivity contribution in [1.82, 2.24) is 24.8 Å². The summed E-state index contributed by atoms with van der Waals surface area (Å²) < 4.78 is 0. The molecule has 9 heteroatoms. The van der Waals surface area contributed by atoms with Gasteiger partial charge >= 0.3 is 0 Å². The lowest BCUT2D eigenvalue weighted by molar-refractivity contribution is 0.0785. The van der Waals surface area contributed by atoms with Crippen LogP contribution in [0.25, 0.3) is 21.9 Å². The molecule has 1 atom stereocenters. The SMILES string of the molecule is CC(Nc1ncnc2cc(C(=O)N(C)C3CC3)c(Cl)cc12)c1nc2cc(Cl)ccc2[nH]1. The number of aromatic amines is 1. The number of imidazole rings is 1. The molecule has 1 saturated carbocycles. The first-order valence-electron chi connectivity index (χ1n) is 10.0. The van der Waals surface area contributed by atoms with E-state index in [0.29, 0.717) is 33.0 Å². The van der Waals surface area contributed by atoms with Gasteiger partial charge in [0.1, 0.15) is 18.0 Å². The molecule has 0 aliphatic heterocycles. The Morgan fingerprint density at radius 2 is 2.00 bits per heavy atom. The summed E-state index contributed by atoms with van der Waals surface area (Å²) >= 11 is 12.6. The number of halogens is 2. The highest BCUT2D eigenvalue weighted by Crippen LogP contribution is 2.32. The van der Waals surface area contributed by atoms with Crippen LogP contribution in [0.1, 0.15) is 42.0 Å². The van der Waals surface area contributed by atoms with Crippen molar-refractivity contribution in [2.45, 2.75) is 31.8 Å². The van der Waals surface area contributed by atoms with Crippen molar-refractivity contribution in [2.75, 3.05) is 12.4 Å². The van der Waals surface area contributed by atoms with Crippen LogP contribution in [-0.4, -0.2) is 43.8 Å². The summed E-state index contributed by atoms with van der Waals surface area (Å²) in [6.45, 7) is 1.98. The van der Waals surface area contributed by atoms with Gasteiger partial charge in [-0.3, -0.25) is 4.79 Å². The molecule has 0 radical (unpaired) electrons. The maximum atomic E-state index is 12.8. The van der Waals surface area contributed by atoms with Gasteiger partial charge in [-0.1, -0.05) is 23.2 Å². The molecule has 1 fully saturated rings. The van der Waals surface area contributed by atoms with E-state index >= 15 is 0 Å². The van der Waals surface area contributed by atoms with E-state index < -0.39 is 0 Å². The van der Waals surface area contributed by atoms with Gasteiger partial charge < -0.3 is 15.2 Å². The van der Waals surface area contributed by atoms with Crippen LogP contribution in [0.2, 0.25) is 10.0 Å². The molecule has 0 saturated heterocycles. The quantitative estimate of drug-likeness (QED) is 0.431. The van der Waals surface area contributed by atoms with E-state index in [2.05, 4.69) is 25.3 Å². The third-order valence-electron chi connectivity index (χ3n) is 5.60. The summed E-state index contributed by atoms with van der Waals surface area (Å²) in [7, 11) is 1.82. The summed E-state index contributed by atoms with van der Waals surface area (Å²) in [6.07, 6.45) is 3.55. The highest BCUT2D eigenvalue weighted by Gasteiger charge is 2.31. The fourth-order valence-corrected chi connectivity index (χ4v) is 4.06. The second kappa shape index (κ2) is 7.66.